The van der Waals surface area contributed by atoms with Crippen molar-refractivity contribution < 1.29 is 9.53 Å². The van der Waals surface area contributed by atoms with Crippen molar-refractivity contribution in [1.82, 2.24) is 0 Å². The van der Waals surface area contributed by atoms with Crippen LogP contribution in [0.5, 0.6) is 5.75 Å². The summed E-state index contributed by atoms with van der Waals surface area (Å²) in [5.41, 5.74) is 1.53. The van der Waals surface area contributed by atoms with Gasteiger partial charge in [-0.1, -0.05) is 48.3 Å². The van der Waals surface area contributed by atoms with Crippen LogP contribution in [0.2, 0.25) is 10.0 Å². The second-order valence-electron chi connectivity index (χ2n) is 4.42. The predicted octanol–water partition coefficient (Wildman–Crippen LogP) is 4.57. The molecule has 0 aromatic heterocycles. The molecule has 0 atom stereocenters. The van der Waals surface area contributed by atoms with Gasteiger partial charge in [0, 0.05) is 5.02 Å². The molecule has 21 heavy (non-hydrogen) atoms. The number of hydrogen-bond acceptors (Lipinski definition) is 2. The standard InChI is InChI=1S/C16H15Cl2NO2/c1-2-11-5-3-4-6-15(11)21-10-16(20)19-14-9-12(17)7-8-13(14)18/h3-9H,2,10H2,1H3,(H,19,20). The van der Waals surface area contributed by atoms with Crippen LogP contribution in [0.4, 0.5) is 5.69 Å². The number of amides is 1. The van der Waals surface area contributed by atoms with E-state index in [4.69, 9.17) is 27.9 Å². The number of benzene rings is 2. The van der Waals surface area contributed by atoms with Gasteiger partial charge in [0.1, 0.15) is 5.75 Å². The molecule has 2 rings (SSSR count). The highest BCUT2D eigenvalue weighted by molar-refractivity contribution is 6.35. The van der Waals surface area contributed by atoms with Crippen molar-refractivity contribution in [2.45, 2.75) is 13.3 Å². The zero-order valence-electron chi connectivity index (χ0n) is 11.5. The van der Waals surface area contributed by atoms with E-state index >= 15 is 0 Å². The number of halogens is 2. The van der Waals surface area contributed by atoms with Crippen molar-refractivity contribution in [1.29, 1.82) is 0 Å². The third-order valence-corrected chi connectivity index (χ3v) is 3.48. The monoisotopic (exact) mass is 323 g/mol. The van der Waals surface area contributed by atoms with Gasteiger partial charge in [-0.05, 0) is 36.2 Å². The minimum absolute atomic E-state index is 0.0835. The molecule has 0 aliphatic carbocycles. The molecular formula is C16H15Cl2NO2. The van der Waals surface area contributed by atoms with Crippen LogP contribution in [0.25, 0.3) is 0 Å². The van der Waals surface area contributed by atoms with Crippen LogP contribution in [0.1, 0.15) is 12.5 Å². The summed E-state index contributed by atoms with van der Waals surface area (Å²) in [6.45, 7) is 1.95. The highest BCUT2D eigenvalue weighted by atomic mass is 35.5. The predicted molar refractivity (Wildman–Crippen MR) is 86.4 cm³/mol. The molecule has 0 aliphatic heterocycles. The van der Waals surface area contributed by atoms with Crippen LogP contribution < -0.4 is 10.1 Å². The van der Waals surface area contributed by atoms with E-state index in [1.165, 1.54) is 0 Å². The molecule has 0 bridgehead atoms. The number of para-hydroxylation sites is 1. The van der Waals surface area contributed by atoms with Crippen molar-refractivity contribution in [3.05, 3.63) is 58.1 Å². The van der Waals surface area contributed by atoms with Crippen LogP contribution in [0.15, 0.2) is 42.5 Å². The lowest BCUT2D eigenvalue weighted by Crippen LogP contribution is -2.20. The average Bonchev–Trinajstić information content (AvgIpc) is 2.49. The molecule has 0 spiro atoms. The lowest BCUT2D eigenvalue weighted by atomic mass is 10.1. The number of ether oxygens (including phenoxy) is 1. The first-order chi connectivity index (χ1) is 10.1. The summed E-state index contributed by atoms with van der Waals surface area (Å²) in [7, 11) is 0. The van der Waals surface area contributed by atoms with Gasteiger partial charge in [0.2, 0.25) is 0 Å². The summed E-state index contributed by atoms with van der Waals surface area (Å²) in [5, 5.41) is 3.62. The topological polar surface area (TPSA) is 38.3 Å². The van der Waals surface area contributed by atoms with E-state index in [1.54, 1.807) is 18.2 Å². The molecule has 0 radical (unpaired) electrons. The average molecular weight is 324 g/mol. The Kier molecular flexibility index (Phi) is 5.48. The van der Waals surface area contributed by atoms with Gasteiger partial charge in [-0.2, -0.15) is 0 Å². The van der Waals surface area contributed by atoms with E-state index < -0.39 is 0 Å². The van der Waals surface area contributed by atoms with Crippen LogP contribution in [0, 0.1) is 0 Å². The van der Waals surface area contributed by atoms with E-state index in [1.807, 2.05) is 31.2 Å². The molecule has 5 heteroatoms. The van der Waals surface area contributed by atoms with E-state index in [-0.39, 0.29) is 12.5 Å². The zero-order valence-corrected chi connectivity index (χ0v) is 13.0. The number of hydrogen-bond donors (Lipinski definition) is 1. The number of rotatable bonds is 5. The Labute approximate surface area is 133 Å². The van der Waals surface area contributed by atoms with Gasteiger partial charge in [0.25, 0.3) is 5.91 Å². The quantitative estimate of drug-likeness (QED) is 0.875. The summed E-state index contributed by atoms with van der Waals surface area (Å²) >= 11 is 11.9. The van der Waals surface area contributed by atoms with E-state index in [0.717, 1.165) is 12.0 Å². The molecule has 0 saturated carbocycles. The minimum Gasteiger partial charge on any atom is -0.483 e. The maximum Gasteiger partial charge on any atom is 0.262 e. The number of carbonyl (C=O) groups is 1. The van der Waals surface area contributed by atoms with E-state index in [0.29, 0.717) is 21.5 Å². The molecule has 0 unspecified atom stereocenters. The fourth-order valence-electron chi connectivity index (χ4n) is 1.86. The summed E-state index contributed by atoms with van der Waals surface area (Å²) in [5.74, 6) is 0.428. The van der Waals surface area contributed by atoms with Crippen molar-refractivity contribution in [2.75, 3.05) is 11.9 Å². The minimum atomic E-state index is -0.287. The molecular weight excluding hydrogens is 309 g/mol. The third kappa shape index (κ3) is 4.38. The number of nitrogens with one attached hydrogen (secondary N) is 1. The highest BCUT2D eigenvalue weighted by Gasteiger charge is 2.08. The second-order valence-corrected chi connectivity index (χ2v) is 5.27. The third-order valence-electron chi connectivity index (χ3n) is 2.91. The molecule has 2 aromatic carbocycles. The first kappa shape index (κ1) is 15.7. The molecule has 1 N–H and O–H groups in total. The Hall–Kier alpha value is -1.71. The van der Waals surface area contributed by atoms with Crippen molar-refractivity contribution in [3.8, 4) is 5.75 Å². The van der Waals surface area contributed by atoms with Gasteiger partial charge in [-0.3, -0.25) is 4.79 Å². The summed E-state index contributed by atoms with van der Waals surface area (Å²) < 4.78 is 5.54. The summed E-state index contributed by atoms with van der Waals surface area (Å²) in [6.07, 6.45) is 0.845. The van der Waals surface area contributed by atoms with Crippen molar-refractivity contribution in [2.24, 2.45) is 0 Å². The Morgan fingerprint density at radius 2 is 1.95 bits per heavy atom. The van der Waals surface area contributed by atoms with Gasteiger partial charge in [0.05, 0.1) is 10.7 Å². The van der Waals surface area contributed by atoms with Crippen LogP contribution >= 0.6 is 23.2 Å². The lowest BCUT2D eigenvalue weighted by Gasteiger charge is -2.11. The molecule has 3 nitrogen and oxygen atoms in total. The van der Waals surface area contributed by atoms with Gasteiger partial charge < -0.3 is 10.1 Å². The fourth-order valence-corrected chi connectivity index (χ4v) is 2.20. The summed E-state index contributed by atoms with van der Waals surface area (Å²) in [6, 6.07) is 12.5. The molecule has 0 fully saturated rings. The Bertz CT molecular complexity index is 644. The number of anilines is 1. The number of carbonyl (C=O) groups excluding carboxylic acids is 1. The molecule has 0 aliphatic rings. The Morgan fingerprint density at radius 3 is 2.71 bits per heavy atom. The Morgan fingerprint density at radius 1 is 1.19 bits per heavy atom. The largest absolute Gasteiger partial charge is 0.483 e. The number of aryl methyl sites for hydroxylation is 1. The van der Waals surface area contributed by atoms with Crippen LogP contribution in [-0.4, -0.2) is 12.5 Å². The second kappa shape index (κ2) is 7.34. The van der Waals surface area contributed by atoms with E-state index in [2.05, 4.69) is 5.32 Å². The van der Waals surface area contributed by atoms with Crippen molar-refractivity contribution >= 4 is 34.8 Å². The van der Waals surface area contributed by atoms with Crippen molar-refractivity contribution in [3.63, 3.8) is 0 Å². The fraction of sp³-hybridized carbons (Fsp3) is 0.188. The van der Waals surface area contributed by atoms with Gasteiger partial charge in [-0.15, -0.1) is 0 Å². The lowest BCUT2D eigenvalue weighted by molar-refractivity contribution is -0.118. The maximum atomic E-state index is 11.9. The normalized spacial score (nSPS) is 10.2. The maximum absolute atomic E-state index is 11.9. The molecule has 2 aromatic rings. The van der Waals surface area contributed by atoms with E-state index in [9.17, 15) is 4.79 Å². The molecule has 1 amide bonds. The van der Waals surface area contributed by atoms with Gasteiger partial charge in [-0.25, -0.2) is 0 Å². The Balaban J connectivity index is 1.97. The van der Waals surface area contributed by atoms with Gasteiger partial charge >= 0.3 is 0 Å². The van der Waals surface area contributed by atoms with Crippen LogP contribution in [-0.2, 0) is 11.2 Å². The van der Waals surface area contributed by atoms with Crippen LogP contribution in [0.3, 0.4) is 0 Å². The molecule has 110 valence electrons. The molecule has 0 heterocycles. The zero-order chi connectivity index (χ0) is 15.2. The first-order valence-corrected chi connectivity index (χ1v) is 7.31. The smallest absolute Gasteiger partial charge is 0.262 e. The SMILES string of the molecule is CCc1ccccc1OCC(=O)Nc1cc(Cl)ccc1Cl. The van der Waals surface area contributed by atoms with Gasteiger partial charge in [0.15, 0.2) is 6.61 Å². The highest BCUT2D eigenvalue weighted by Crippen LogP contribution is 2.25. The molecule has 0 saturated heterocycles. The summed E-state index contributed by atoms with van der Waals surface area (Å²) in [4.78, 5) is 11.9. The first-order valence-electron chi connectivity index (χ1n) is 6.55.